The van der Waals surface area contributed by atoms with Crippen LogP contribution in [0.2, 0.25) is 0 Å². The van der Waals surface area contributed by atoms with Crippen LogP contribution in [0.15, 0.2) is 29.6 Å². The molecule has 1 N–H and O–H groups in total. The van der Waals surface area contributed by atoms with Crippen molar-refractivity contribution < 1.29 is 19.1 Å². The Kier molecular flexibility index (Phi) is 4.62. The summed E-state index contributed by atoms with van der Waals surface area (Å²) < 4.78 is 13.0. The quantitative estimate of drug-likeness (QED) is 0.924. The highest BCUT2D eigenvalue weighted by Gasteiger charge is 2.33. The molecule has 1 saturated heterocycles. The highest BCUT2D eigenvalue weighted by Crippen LogP contribution is 2.27. The molecule has 126 valence electrons. The van der Waals surface area contributed by atoms with Gasteiger partial charge in [0, 0.05) is 23.5 Å². The number of carboxylic acid groups (broad SMARTS) is 1. The Morgan fingerprint density at radius 2 is 2.00 bits per heavy atom. The Bertz CT molecular complexity index is 759. The Balaban J connectivity index is 1.80. The van der Waals surface area contributed by atoms with Crippen molar-refractivity contribution in [3.05, 3.63) is 41.2 Å². The zero-order valence-electron chi connectivity index (χ0n) is 13.1. The molecule has 0 bridgehead atoms. The number of carboxylic acids is 1. The number of rotatable bonds is 3. The molecule has 2 atom stereocenters. The molecule has 1 fully saturated rings. The third-order valence-corrected chi connectivity index (χ3v) is 5.20. The van der Waals surface area contributed by atoms with Gasteiger partial charge in [0.25, 0.3) is 5.91 Å². The summed E-state index contributed by atoms with van der Waals surface area (Å²) in [6.07, 6.45) is 1.25. The number of aliphatic carboxylic acids is 1. The van der Waals surface area contributed by atoms with Gasteiger partial charge in [-0.3, -0.25) is 9.59 Å². The number of carbonyl (C=O) groups is 2. The van der Waals surface area contributed by atoms with Crippen molar-refractivity contribution in [2.45, 2.75) is 25.8 Å². The van der Waals surface area contributed by atoms with E-state index in [1.54, 1.807) is 22.4 Å². The van der Waals surface area contributed by atoms with Crippen molar-refractivity contribution >= 4 is 23.2 Å². The van der Waals surface area contributed by atoms with Crippen LogP contribution in [0.4, 0.5) is 4.39 Å². The molecule has 0 saturated carbocycles. The first-order valence-corrected chi connectivity index (χ1v) is 8.59. The van der Waals surface area contributed by atoms with E-state index < -0.39 is 11.9 Å². The number of likely N-dealkylation sites (tertiary alicyclic amines) is 1. The van der Waals surface area contributed by atoms with Crippen molar-refractivity contribution in [3.8, 4) is 10.6 Å². The Morgan fingerprint density at radius 1 is 1.29 bits per heavy atom. The summed E-state index contributed by atoms with van der Waals surface area (Å²) in [6.45, 7) is 2.13. The van der Waals surface area contributed by atoms with Crippen molar-refractivity contribution in [2.24, 2.45) is 5.92 Å². The standard InChI is InChI=1S/C17H17FN2O3S/c1-10-2-3-12(17(22)23)8-20(10)16(21)14-9-24-15(19-14)11-4-6-13(18)7-5-11/h4-7,9-10,12H,2-3,8H2,1H3,(H,22,23). The van der Waals surface area contributed by atoms with Crippen LogP contribution in [0.5, 0.6) is 0 Å². The van der Waals surface area contributed by atoms with Crippen LogP contribution in [0, 0.1) is 11.7 Å². The Morgan fingerprint density at radius 3 is 2.67 bits per heavy atom. The second-order valence-electron chi connectivity index (χ2n) is 5.96. The highest BCUT2D eigenvalue weighted by molar-refractivity contribution is 7.13. The number of amides is 1. The summed E-state index contributed by atoms with van der Waals surface area (Å²) in [5.41, 5.74) is 1.05. The van der Waals surface area contributed by atoms with E-state index in [4.69, 9.17) is 0 Å². The smallest absolute Gasteiger partial charge is 0.308 e. The van der Waals surface area contributed by atoms with Gasteiger partial charge in [-0.15, -0.1) is 11.3 Å². The molecular formula is C17H17FN2O3S. The normalized spacial score (nSPS) is 20.8. The molecule has 1 aliphatic heterocycles. The minimum atomic E-state index is -0.870. The minimum absolute atomic E-state index is 0.0101. The lowest BCUT2D eigenvalue weighted by molar-refractivity contribution is -0.143. The van der Waals surface area contributed by atoms with E-state index in [-0.39, 0.29) is 24.3 Å². The van der Waals surface area contributed by atoms with Gasteiger partial charge in [-0.2, -0.15) is 0 Å². The maximum atomic E-state index is 13.0. The molecule has 0 aliphatic carbocycles. The van der Waals surface area contributed by atoms with E-state index in [1.807, 2.05) is 6.92 Å². The topological polar surface area (TPSA) is 70.5 Å². The molecule has 2 heterocycles. The fourth-order valence-corrected chi connectivity index (χ4v) is 3.64. The van der Waals surface area contributed by atoms with Gasteiger partial charge >= 0.3 is 5.97 Å². The van der Waals surface area contributed by atoms with Gasteiger partial charge in [0.15, 0.2) is 0 Å². The van der Waals surface area contributed by atoms with E-state index in [0.29, 0.717) is 23.5 Å². The number of hydrogen-bond acceptors (Lipinski definition) is 4. The third-order valence-electron chi connectivity index (χ3n) is 4.31. The lowest BCUT2D eigenvalue weighted by atomic mass is 9.93. The summed E-state index contributed by atoms with van der Waals surface area (Å²) in [4.78, 5) is 29.8. The average Bonchev–Trinajstić information content (AvgIpc) is 3.05. The molecule has 1 aromatic carbocycles. The summed E-state index contributed by atoms with van der Waals surface area (Å²) in [6, 6.07) is 5.92. The van der Waals surface area contributed by atoms with E-state index >= 15 is 0 Å². The van der Waals surface area contributed by atoms with Crippen LogP contribution in [0.25, 0.3) is 10.6 Å². The molecule has 1 amide bonds. The predicted octanol–water partition coefficient (Wildman–Crippen LogP) is 3.27. The second kappa shape index (κ2) is 6.68. The number of nitrogens with zero attached hydrogens (tertiary/aromatic N) is 2. The zero-order valence-corrected chi connectivity index (χ0v) is 13.9. The van der Waals surface area contributed by atoms with Crippen LogP contribution in [-0.2, 0) is 4.79 Å². The number of benzene rings is 1. The maximum absolute atomic E-state index is 13.0. The minimum Gasteiger partial charge on any atom is -0.481 e. The van der Waals surface area contributed by atoms with E-state index in [0.717, 1.165) is 5.56 Å². The van der Waals surface area contributed by atoms with E-state index in [9.17, 15) is 19.1 Å². The number of thiazole rings is 1. The molecule has 1 aliphatic rings. The summed E-state index contributed by atoms with van der Waals surface area (Å²) in [5, 5.41) is 11.5. The second-order valence-corrected chi connectivity index (χ2v) is 6.82. The molecule has 3 rings (SSSR count). The van der Waals surface area contributed by atoms with E-state index in [1.165, 1.54) is 23.5 Å². The first kappa shape index (κ1) is 16.6. The number of halogens is 1. The van der Waals surface area contributed by atoms with Crippen LogP contribution >= 0.6 is 11.3 Å². The lowest BCUT2D eigenvalue weighted by Gasteiger charge is -2.36. The van der Waals surface area contributed by atoms with Crippen molar-refractivity contribution in [1.82, 2.24) is 9.88 Å². The first-order chi connectivity index (χ1) is 11.5. The number of aromatic nitrogens is 1. The summed E-state index contributed by atoms with van der Waals surface area (Å²) in [5.74, 6) is -1.98. The summed E-state index contributed by atoms with van der Waals surface area (Å²) >= 11 is 1.31. The Labute approximate surface area is 142 Å². The van der Waals surface area contributed by atoms with Gasteiger partial charge in [-0.25, -0.2) is 9.37 Å². The van der Waals surface area contributed by atoms with Crippen molar-refractivity contribution in [2.75, 3.05) is 6.54 Å². The average molecular weight is 348 g/mol. The third kappa shape index (κ3) is 3.31. The molecule has 5 nitrogen and oxygen atoms in total. The molecule has 2 unspecified atom stereocenters. The predicted molar refractivity (Wildman–Crippen MR) is 88.4 cm³/mol. The molecule has 1 aromatic heterocycles. The van der Waals surface area contributed by atoms with Gasteiger partial charge in [0.05, 0.1) is 5.92 Å². The molecule has 0 radical (unpaired) electrons. The molecule has 7 heteroatoms. The molecule has 0 spiro atoms. The maximum Gasteiger partial charge on any atom is 0.308 e. The fraction of sp³-hybridized carbons (Fsp3) is 0.353. The zero-order chi connectivity index (χ0) is 17.3. The van der Waals surface area contributed by atoms with E-state index in [2.05, 4.69) is 4.98 Å². The number of carbonyl (C=O) groups excluding carboxylic acids is 1. The number of piperidine rings is 1. The lowest BCUT2D eigenvalue weighted by Crippen LogP contribution is -2.47. The SMILES string of the molecule is CC1CCC(C(=O)O)CN1C(=O)c1csc(-c2ccc(F)cc2)n1. The van der Waals surface area contributed by atoms with Gasteiger partial charge < -0.3 is 10.0 Å². The highest BCUT2D eigenvalue weighted by atomic mass is 32.1. The van der Waals surface area contributed by atoms with Crippen LogP contribution in [0.3, 0.4) is 0 Å². The van der Waals surface area contributed by atoms with Crippen LogP contribution < -0.4 is 0 Å². The van der Waals surface area contributed by atoms with Gasteiger partial charge in [-0.1, -0.05) is 0 Å². The monoisotopic (exact) mass is 348 g/mol. The molecule has 24 heavy (non-hydrogen) atoms. The van der Waals surface area contributed by atoms with Crippen molar-refractivity contribution in [1.29, 1.82) is 0 Å². The Hall–Kier alpha value is -2.28. The first-order valence-electron chi connectivity index (χ1n) is 7.71. The van der Waals surface area contributed by atoms with Gasteiger partial charge in [0.2, 0.25) is 0 Å². The molecular weight excluding hydrogens is 331 g/mol. The van der Waals surface area contributed by atoms with Gasteiger partial charge in [0.1, 0.15) is 16.5 Å². The van der Waals surface area contributed by atoms with Crippen LogP contribution in [-0.4, -0.2) is 39.5 Å². The van der Waals surface area contributed by atoms with Crippen molar-refractivity contribution in [3.63, 3.8) is 0 Å². The largest absolute Gasteiger partial charge is 0.481 e. The van der Waals surface area contributed by atoms with Crippen LogP contribution in [0.1, 0.15) is 30.3 Å². The summed E-state index contributed by atoms with van der Waals surface area (Å²) in [7, 11) is 0. The number of hydrogen-bond donors (Lipinski definition) is 1. The van der Waals surface area contributed by atoms with Gasteiger partial charge in [-0.05, 0) is 44.0 Å². The molecule has 2 aromatic rings. The fourth-order valence-electron chi connectivity index (χ4n) is 2.84.